The number of aliphatic hydroxyl groups excluding tert-OH is 2. The number of hydroxylamine groups is 2. The molecule has 1 saturated heterocycles. The first-order valence-corrected chi connectivity index (χ1v) is 19.3. The zero-order valence-electron chi connectivity index (χ0n) is 31.7. The van der Waals surface area contributed by atoms with E-state index in [-0.39, 0.29) is 31.4 Å². The Balaban J connectivity index is 0.000000237. The van der Waals surface area contributed by atoms with Crippen LogP contribution in [0, 0.1) is 0 Å². The van der Waals surface area contributed by atoms with Gasteiger partial charge >= 0.3 is 12.2 Å². The van der Waals surface area contributed by atoms with Gasteiger partial charge in [0.05, 0.1) is 49.7 Å². The summed E-state index contributed by atoms with van der Waals surface area (Å²) in [4.78, 5) is 35.6. The molecule has 1 aliphatic heterocycles. The molecule has 6 N–H and O–H groups in total. The molecular weight excluding hydrogens is 680 g/mol. The Bertz CT molecular complexity index is 1300. The lowest BCUT2D eigenvalue weighted by molar-refractivity contribution is -0.0418. The van der Waals surface area contributed by atoms with Crippen LogP contribution in [0.4, 0.5) is 9.59 Å². The van der Waals surface area contributed by atoms with Crippen molar-refractivity contribution in [2.75, 3.05) is 26.3 Å². The van der Waals surface area contributed by atoms with Gasteiger partial charge in [-0.05, 0) is 70.4 Å². The van der Waals surface area contributed by atoms with Crippen LogP contribution in [-0.4, -0.2) is 96.9 Å². The van der Waals surface area contributed by atoms with Crippen LogP contribution in [-0.2, 0) is 36.7 Å². The average molecular weight is 743 g/mol. The number of benzene rings is 2. The second kappa shape index (κ2) is 22.8. The molecule has 2 unspecified atom stereocenters. The van der Waals surface area contributed by atoms with Gasteiger partial charge in [-0.2, -0.15) is 11.0 Å². The van der Waals surface area contributed by atoms with Crippen molar-refractivity contribution >= 4 is 12.2 Å². The van der Waals surface area contributed by atoms with Gasteiger partial charge in [0.25, 0.3) is 0 Å². The number of carbonyl (C=O) groups is 2. The Kier molecular flexibility index (Phi) is 18.3. The van der Waals surface area contributed by atoms with Crippen LogP contribution in [0.15, 0.2) is 60.7 Å². The van der Waals surface area contributed by atoms with Crippen molar-refractivity contribution in [1.29, 1.82) is 0 Å². The molecule has 13 heteroatoms. The maximum absolute atomic E-state index is 12.2. The molecule has 1 heterocycles. The summed E-state index contributed by atoms with van der Waals surface area (Å²) in [6.45, 7) is 6.95. The van der Waals surface area contributed by atoms with Crippen molar-refractivity contribution in [1.82, 2.24) is 21.6 Å². The number of amides is 2. The fourth-order valence-corrected chi connectivity index (χ4v) is 6.50. The van der Waals surface area contributed by atoms with Gasteiger partial charge in [0.1, 0.15) is 11.7 Å². The Morgan fingerprint density at radius 2 is 1.15 bits per heavy atom. The van der Waals surface area contributed by atoms with Gasteiger partial charge in [0, 0.05) is 19.5 Å². The second-order valence-electron chi connectivity index (χ2n) is 15.2. The molecule has 296 valence electrons. The van der Waals surface area contributed by atoms with E-state index in [1.165, 1.54) is 25.7 Å². The highest BCUT2D eigenvalue weighted by Crippen LogP contribution is 2.21. The number of hydrogen-bond donors (Lipinski definition) is 6. The minimum absolute atomic E-state index is 0.213. The summed E-state index contributed by atoms with van der Waals surface area (Å²) in [6, 6.07) is 18.6. The summed E-state index contributed by atoms with van der Waals surface area (Å²) in [5.41, 5.74) is 7.23. The van der Waals surface area contributed by atoms with Crippen molar-refractivity contribution in [3.05, 3.63) is 71.8 Å². The van der Waals surface area contributed by atoms with Gasteiger partial charge in [-0.15, -0.1) is 0 Å². The maximum Gasteiger partial charge on any atom is 0.407 e. The molecule has 3 fully saturated rings. The van der Waals surface area contributed by atoms with Gasteiger partial charge in [-0.3, -0.25) is 9.68 Å². The summed E-state index contributed by atoms with van der Waals surface area (Å²) in [7, 11) is 0. The fourth-order valence-electron chi connectivity index (χ4n) is 6.50. The third-order valence-electron chi connectivity index (χ3n) is 9.38. The summed E-state index contributed by atoms with van der Waals surface area (Å²) in [5, 5.41) is 26.8. The number of aliphatic hydroxyl groups is 2. The number of carbonyl (C=O) groups excluding carboxylic acids is 2. The lowest BCUT2D eigenvalue weighted by Crippen LogP contribution is -2.50. The standard InChI is InChI=1S/C20H30N2O5.C20H32N2O4/c23-19(13-21-27-16-8-4-5-9-16)18(12-15-6-2-1-3-7-15)22-20(24)26-17-10-11-25-14-17;1-20(2,3)25-19(24)22-17(13-15-9-5-4-6-10-15)18(23)14-21-26-16-11-7-8-12-16/h1-3,6-7,16-19,21,23H,4-5,8-14H2,(H,22,24);4-6,9-10,16-18,21,23H,7-8,11-14H2,1-3H3,(H,22,24)/t17-,18-,19+;/m0./s1. The molecule has 0 radical (unpaired) electrons. The van der Waals surface area contributed by atoms with Gasteiger partial charge in [0.15, 0.2) is 0 Å². The number of hydrogen-bond acceptors (Lipinski definition) is 11. The van der Waals surface area contributed by atoms with Crippen molar-refractivity contribution in [2.24, 2.45) is 0 Å². The SMILES string of the molecule is CC(C)(C)OC(=O)NC(Cc1ccccc1)C(O)CNOC1CCCC1.O=C(N[C@@H](Cc1ccccc1)[C@H](O)CNOC1CCCC1)O[C@H]1CCOC1. The lowest BCUT2D eigenvalue weighted by atomic mass is 10.0. The van der Waals surface area contributed by atoms with E-state index in [1.807, 2.05) is 81.4 Å². The molecule has 53 heavy (non-hydrogen) atoms. The highest BCUT2D eigenvalue weighted by Gasteiger charge is 2.28. The van der Waals surface area contributed by atoms with Crippen molar-refractivity contribution in [3.8, 4) is 0 Å². The molecular formula is C40H62N4O9. The zero-order valence-corrected chi connectivity index (χ0v) is 31.7. The molecule has 5 rings (SSSR count). The largest absolute Gasteiger partial charge is 0.444 e. The summed E-state index contributed by atoms with van der Waals surface area (Å²) >= 11 is 0. The molecule has 3 aliphatic rings. The van der Waals surface area contributed by atoms with E-state index in [0.717, 1.165) is 36.8 Å². The van der Waals surface area contributed by atoms with Gasteiger partial charge in [-0.1, -0.05) is 86.3 Å². The van der Waals surface area contributed by atoms with Gasteiger partial charge < -0.3 is 35.1 Å². The van der Waals surface area contributed by atoms with Crippen LogP contribution in [0.5, 0.6) is 0 Å². The molecule has 2 aromatic carbocycles. The van der Waals surface area contributed by atoms with Gasteiger partial charge in [0.2, 0.25) is 0 Å². The predicted molar refractivity (Wildman–Crippen MR) is 201 cm³/mol. The van der Waals surface area contributed by atoms with Crippen LogP contribution < -0.4 is 21.6 Å². The molecule has 5 atom stereocenters. The molecule has 0 bridgehead atoms. The molecule has 2 aliphatic carbocycles. The monoisotopic (exact) mass is 742 g/mol. The lowest BCUT2D eigenvalue weighted by Gasteiger charge is -2.27. The number of rotatable bonds is 17. The third kappa shape index (κ3) is 17.1. The smallest absolute Gasteiger partial charge is 0.407 e. The minimum Gasteiger partial charge on any atom is -0.444 e. The van der Waals surface area contributed by atoms with Crippen LogP contribution in [0.25, 0.3) is 0 Å². The molecule has 2 saturated carbocycles. The Morgan fingerprint density at radius 1 is 0.698 bits per heavy atom. The molecule has 2 aromatic rings. The van der Waals surface area contributed by atoms with Crippen LogP contribution >= 0.6 is 0 Å². The molecule has 0 aromatic heterocycles. The van der Waals surface area contributed by atoms with Crippen molar-refractivity contribution in [3.63, 3.8) is 0 Å². The first kappa shape index (κ1) is 42.4. The van der Waals surface area contributed by atoms with Crippen molar-refractivity contribution < 1.29 is 43.7 Å². The van der Waals surface area contributed by atoms with Crippen LogP contribution in [0.2, 0.25) is 0 Å². The van der Waals surface area contributed by atoms with Crippen molar-refractivity contribution in [2.45, 2.75) is 140 Å². The van der Waals surface area contributed by atoms with E-state index in [4.69, 9.17) is 23.9 Å². The van der Waals surface area contributed by atoms with E-state index < -0.39 is 42.1 Å². The first-order valence-electron chi connectivity index (χ1n) is 19.3. The maximum atomic E-state index is 12.2. The Hall–Kier alpha value is -3.30. The Morgan fingerprint density at radius 3 is 1.57 bits per heavy atom. The fraction of sp³-hybridized carbons (Fsp3) is 0.650. The minimum atomic E-state index is -0.806. The average Bonchev–Trinajstić information content (AvgIpc) is 3.94. The van der Waals surface area contributed by atoms with E-state index in [2.05, 4.69) is 21.6 Å². The summed E-state index contributed by atoms with van der Waals surface area (Å²) in [5.74, 6) is 0. The topological polar surface area (TPSA) is 169 Å². The highest BCUT2D eigenvalue weighted by atomic mass is 16.7. The van der Waals surface area contributed by atoms with E-state index in [1.54, 1.807) is 0 Å². The number of ether oxygens (including phenoxy) is 3. The summed E-state index contributed by atoms with van der Waals surface area (Å²) in [6.07, 6.45) is 8.19. The molecule has 13 nitrogen and oxygen atoms in total. The zero-order chi connectivity index (χ0) is 37.9. The normalized spacial score (nSPS) is 20.1. The first-order chi connectivity index (χ1) is 25.5. The number of nitrogens with one attached hydrogen (secondary N) is 4. The molecule has 2 amide bonds. The van der Waals surface area contributed by atoms with E-state index in [0.29, 0.717) is 32.5 Å². The van der Waals surface area contributed by atoms with E-state index in [9.17, 15) is 19.8 Å². The third-order valence-corrected chi connectivity index (χ3v) is 9.38. The Labute approximate surface area is 314 Å². The highest BCUT2D eigenvalue weighted by molar-refractivity contribution is 5.68. The van der Waals surface area contributed by atoms with Gasteiger partial charge in [-0.25, -0.2) is 9.59 Å². The predicted octanol–water partition coefficient (Wildman–Crippen LogP) is 4.88. The van der Waals surface area contributed by atoms with E-state index >= 15 is 0 Å². The molecule has 0 spiro atoms. The summed E-state index contributed by atoms with van der Waals surface area (Å²) < 4.78 is 15.9. The number of alkyl carbamates (subject to hydrolysis) is 2. The van der Waals surface area contributed by atoms with Crippen LogP contribution in [0.3, 0.4) is 0 Å². The second-order valence-corrected chi connectivity index (χ2v) is 15.2. The quantitative estimate of drug-likeness (QED) is 0.122. The van der Waals surface area contributed by atoms with Crippen LogP contribution in [0.1, 0.15) is 89.7 Å².